The second-order valence-electron chi connectivity index (χ2n) is 3.96. The summed E-state index contributed by atoms with van der Waals surface area (Å²) >= 11 is 17.9. The molecule has 20 heavy (non-hydrogen) atoms. The first kappa shape index (κ1) is 15.0. The monoisotopic (exact) mass is 333 g/mol. The van der Waals surface area contributed by atoms with E-state index in [0.717, 1.165) is 6.07 Å². The van der Waals surface area contributed by atoms with Crippen molar-refractivity contribution < 1.29 is 14.3 Å². The van der Waals surface area contributed by atoms with Crippen LogP contribution in [-0.2, 0) is 11.2 Å². The van der Waals surface area contributed by atoms with Gasteiger partial charge in [-0.25, -0.2) is 4.98 Å². The molecule has 1 N–H and O–H groups in total. The van der Waals surface area contributed by atoms with Gasteiger partial charge < -0.3 is 5.11 Å². The number of carbonyl (C=O) groups is 1. The second-order valence-corrected chi connectivity index (χ2v) is 5.18. The van der Waals surface area contributed by atoms with E-state index in [0.29, 0.717) is 16.1 Å². The maximum atomic E-state index is 13.3. The highest BCUT2D eigenvalue weighted by Gasteiger charge is 2.16. The molecule has 3 nitrogen and oxygen atoms in total. The number of benzene rings is 1. The van der Waals surface area contributed by atoms with E-state index in [1.807, 2.05) is 0 Å². The van der Waals surface area contributed by atoms with E-state index in [1.165, 1.54) is 18.2 Å². The minimum absolute atomic E-state index is 0.113. The lowest BCUT2D eigenvalue weighted by atomic mass is 10.0. The summed E-state index contributed by atoms with van der Waals surface area (Å²) in [4.78, 5) is 14.6. The number of aromatic nitrogens is 1. The maximum absolute atomic E-state index is 13.3. The minimum atomic E-state index is -1.07. The zero-order valence-electron chi connectivity index (χ0n) is 9.83. The molecule has 0 radical (unpaired) electrons. The summed E-state index contributed by atoms with van der Waals surface area (Å²) in [6, 6.07) is 5.33. The highest BCUT2D eigenvalue weighted by atomic mass is 35.5. The van der Waals surface area contributed by atoms with E-state index < -0.39 is 11.9 Å². The van der Waals surface area contributed by atoms with Crippen molar-refractivity contribution >= 4 is 40.8 Å². The van der Waals surface area contributed by atoms with Gasteiger partial charge in [0.2, 0.25) is 5.95 Å². The van der Waals surface area contributed by atoms with Gasteiger partial charge in [-0.05, 0) is 23.8 Å². The zero-order chi connectivity index (χ0) is 14.9. The topological polar surface area (TPSA) is 50.2 Å². The van der Waals surface area contributed by atoms with Crippen molar-refractivity contribution in [1.29, 1.82) is 0 Å². The molecule has 0 unspecified atom stereocenters. The summed E-state index contributed by atoms with van der Waals surface area (Å²) in [6.07, 6.45) is -0.316. The molecule has 0 saturated heterocycles. The van der Waals surface area contributed by atoms with Crippen LogP contribution in [0, 0.1) is 5.95 Å². The number of nitrogens with zero attached hydrogens (tertiary/aromatic N) is 1. The van der Waals surface area contributed by atoms with Gasteiger partial charge in [-0.2, -0.15) is 4.39 Å². The van der Waals surface area contributed by atoms with Crippen LogP contribution in [0.15, 0.2) is 24.3 Å². The first-order chi connectivity index (χ1) is 9.38. The Morgan fingerprint density at radius 3 is 2.60 bits per heavy atom. The molecule has 1 heterocycles. The van der Waals surface area contributed by atoms with E-state index in [2.05, 4.69) is 4.98 Å². The van der Waals surface area contributed by atoms with Crippen LogP contribution in [0.1, 0.15) is 5.56 Å². The number of carboxylic acids is 1. The average Bonchev–Trinajstić information content (AvgIpc) is 2.35. The lowest BCUT2D eigenvalue weighted by Crippen LogP contribution is -2.04. The fourth-order valence-corrected chi connectivity index (χ4v) is 2.42. The molecule has 0 aliphatic heterocycles. The number of hydrogen-bond acceptors (Lipinski definition) is 2. The number of carboxylic acid groups (broad SMARTS) is 1. The van der Waals surface area contributed by atoms with Crippen molar-refractivity contribution in [3.05, 3.63) is 50.8 Å². The first-order valence-electron chi connectivity index (χ1n) is 5.40. The molecule has 0 atom stereocenters. The van der Waals surface area contributed by atoms with Gasteiger partial charge in [0.25, 0.3) is 0 Å². The summed E-state index contributed by atoms with van der Waals surface area (Å²) < 4.78 is 13.3. The third-order valence-electron chi connectivity index (χ3n) is 2.53. The fraction of sp³-hybridized carbons (Fsp3) is 0.0769. The van der Waals surface area contributed by atoms with Gasteiger partial charge in [0.15, 0.2) is 0 Å². The van der Waals surface area contributed by atoms with Gasteiger partial charge in [-0.15, -0.1) is 0 Å². The quantitative estimate of drug-likeness (QED) is 0.665. The third kappa shape index (κ3) is 3.20. The Hall–Kier alpha value is -1.36. The van der Waals surface area contributed by atoms with Gasteiger partial charge in [0, 0.05) is 10.6 Å². The highest BCUT2D eigenvalue weighted by molar-refractivity contribution is 6.45. The minimum Gasteiger partial charge on any atom is -0.481 e. The Labute approximate surface area is 128 Å². The van der Waals surface area contributed by atoms with Crippen molar-refractivity contribution in [1.82, 2.24) is 4.98 Å². The molecule has 104 valence electrons. The largest absolute Gasteiger partial charge is 0.481 e. The van der Waals surface area contributed by atoms with Crippen molar-refractivity contribution in [2.24, 2.45) is 0 Å². The maximum Gasteiger partial charge on any atom is 0.307 e. The molecule has 0 aliphatic carbocycles. The number of hydrogen-bond donors (Lipinski definition) is 1. The van der Waals surface area contributed by atoms with Gasteiger partial charge in [0.05, 0.1) is 22.2 Å². The highest BCUT2D eigenvalue weighted by Crippen LogP contribution is 2.37. The van der Waals surface area contributed by atoms with Crippen LogP contribution in [0.25, 0.3) is 11.3 Å². The van der Waals surface area contributed by atoms with Gasteiger partial charge in [-0.1, -0.05) is 40.9 Å². The molecule has 0 aliphatic rings. The number of pyridine rings is 1. The third-order valence-corrected chi connectivity index (χ3v) is 3.55. The fourth-order valence-electron chi connectivity index (χ4n) is 1.73. The summed E-state index contributed by atoms with van der Waals surface area (Å²) in [6.45, 7) is 0. The van der Waals surface area contributed by atoms with Crippen molar-refractivity contribution in [3.63, 3.8) is 0 Å². The molecule has 0 fully saturated rings. The molecular formula is C13H7Cl3FNO2. The van der Waals surface area contributed by atoms with Crippen molar-refractivity contribution in [2.45, 2.75) is 6.42 Å². The molecule has 0 amide bonds. The number of aliphatic carboxylic acids is 1. The van der Waals surface area contributed by atoms with Crippen LogP contribution in [0.2, 0.25) is 15.1 Å². The summed E-state index contributed by atoms with van der Waals surface area (Å²) in [7, 11) is 0. The molecule has 0 bridgehead atoms. The van der Waals surface area contributed by atoms with Gasteiger partial charge in [-0.3, -0.25) is 4.79 Å². The molecule has 0 saturated carbocycles. The van der Waals surface area contributed by atoms with Crippen LogP contribution in [-0.4, -0.2) is 16.1 Å². The Bertz CT molecular complexity index is 692. The SMILES string of the molecule is O=C(O)Cc1ccc(F)nc1-c1cc(Cl)cc(Cl)c1Cl. The average molecular weight is 335 g/mol. The normalized spacial score (nSPS) is 10.6. The molecule has 2 rings (SSSR count). The van der Waals surface area contributed by atoms with Crippen LogP contribution >= 0.6 is 34.8 Å². The number of halogens is 4. The Kier molecular flexibility index (Phi) is 4.48. The molecule has 2 aromatic rings. The molecule has 0 spiro atoms. The van der Waals surface area contributed by atoms with E-state index in [-0.39, 0.29) is 22.2 Å². The smallest absolute Gasteiger partial charge is 0.307 e. The predicted molar refractivity (Wildman–Crippen MR) is 76.0 cm³/mol. The van der Waals surface area contributed by atoms with E-state index in [9.17, 15) is 9.18 Å². The lowest BCUT2D eigenvalue weighted by Gasteiger charge is -2.10. The van der Waals surface area contributed by atoms with Gasteiger partial charge in [0.1, 0.15) is 0 Å². The van der Waals surface area contributed by atoms with E-state index in [1.54, 1.807) is 0 Å². The summed E-state index contributed by atoms with van der Waals surface area (Å²) in [5.74, 6) is -1.81. The van der Waals surface area contributed by atoms with Crippen molar-refractivity contribution in [3.8, 4) is 11.3 Å². The van der Waals surface area contributed by atoms with E-state index >= 15 is 0 Å². The molecular weight excluding hydrogens is 328 g/mol. The van der Waals surface area contributed by atoms with Crippen LogP contribution in [0.4, 0.5) is 4.39 Å². The first-order valence-corrected chi connectivity index (χ1v) is 6.54. The van der Waals surface area contributed by atoms with Gasteiger partial charge >= 0.3 is 5.97 Å². The standard InChI is InChI=1S/C13H7Cl3FNO2/c14-7-4-8(12(16)9(15)5-7)13-6(3-11(19)20)1-2-10(17)18-13/h1-2,4-5H,3H2,(H,19,20). The van der Waals surface area contributed by atoms with Crippen LogP contribution < -0.4 is 0 Å². The van der Waals surface area contributed by atoms with Crippen LogP contribution in [0.5, 0.6) is 0 Å². The summed E-state index contributed by atoms with van der Waals surface area (Å²) in [5, 5.41) is 9.49. The second kappa shape index (κ2) is 5.95. The van der Waals surface area contributed by atoms with E-state index in [4.69, 9.17) is 39.9 Å². The summed E-state index contributed by atoms with van der Waals surface area (Å²) in [5.41, 5.74) is 0.723. The lowest BCUT2D eigenvalue weighted by molar-refractivity contribution is -0.136. The van der Waals surface area contributed by atoms with Crippen LogP contribution in [0.3, 0.4) is 0 Å². The molecule has 1 aromatic heterocycles. The Morgan fingerprint density at radius 1 is 1.25 bits per heavy atom. The Balaban J connectivity index is 2.68. The van der Waals surface area contributed by atoms with Crippen molar-refractivity contribution in [2.75, 3.05) is 0 Å². The predicted octanol–water partition coefficient (Wildman–Crippen LogP) is 4.48. The molecule has 7 heteroatoms. The number of rotatable bonds is 3. The Morgan fingerprint density at radius 2 is 1.95 bits per heavy atom. The zero-order valence-corrected chi connectivity index (χ0v) is 12.1. The molecule has 1 aromatic carbocycles.